The molecule has 1 radical (unpaired) electrons. The first-order chi connectivity index (χ1) is 6.68. The standard InChI is InChI=1S/C11H12FO2/c1-7-11(14-8(2)13-7)9-5-3-4-6-10(9)12/h3-8,11H,1H2,2H3/t7-,8?,11+/m0/s1. The lowest BCUT2D eigenvalue weighted by atomic mass is 10.1. The number of hydrogen-bond acceptors (Lipinski definition) is 2. The second-order valence-corrected chi connectivity index (χ2v) is 3.32. The number of rotatable bonds is 1. The summed E-state index contributed by atoms with van der Waals surface area (Å²) in [4.78, 5) is 0. The molecule has 0 N–H and O–H groups in total. The number of benzene rings is 1. The second kappa shape index (κ2) is 3.67. The van der Waals surface area contributed by atoms with Crippen molar-refractivity contribution in [3.63, 3.8) is 0 Å². The fourth-order valence-corrected chi connectivity index (χ4v) is 1.62. The molecule has 2 nitrogen and oxygen atoms in total. The van der Waals surface area contributed by atoms with E-state index in [1.54, 1.807) is 25.1 Å². The van der Waals surface area contributed by atoms with Crippen molar-refractivity contribution in [3.8, 4) is 0 Å². The van der Waals surface area contributed by atoms with Crippen LogP contribution in [0.15, 0.2) is 24.3 Å². The Hall–Kier alpha value is -0.930. The Morgan fingerprint density at radius 3 is 2.57 bits per heavy atom. The van der Waals surface area contributed by atoms with Gasteiger partial charge in [0.15, 0.2) is 6.29 Å². The molecule has 1 unspecified atom stereocenters. The van der Waals surface area contributed by atoms with Gasteiger partial charge in [-0.2, -0.15) is 0 Å². The van der Waals surface area contributed by atoms with Crippen molar-refractivity contribution >= 4 is 0 Å². The predicted molar refractivity (Wildman–Crippen MR) is 49.9 cm³/mol. The maximum atomic E-state index is 13.4. The molecule has 2 rings (SSSR count). The Morgan fingerprint density at radius 1 is 1.29 bits per heavy atom. The summed E-state index contributed by atoms with van der Waals surface area (Å²) < 4.78 is 24.1. The van der Waals surface area contributed by atoms with Crippen LogP contribution in [-0.2, 0) is 9.47 Å². The summed E-state index contributed by atoms with van der Waals surface area (Å²) in [6.07, 6.45) is -1.06. The predicted octanol–water partition coefficient (Wildman–Crippen LogP) is 2.46. The normalized spacial score (nSPS) is 32.1. The van der Waals surface area contributed by atoms with Gasteiger partial charge in [-0.25, -0.2) is 4.39 Å². The van der Waals surface area contributed by atoms with E-state index < -0.39 is 6.10 Å². The molecule has 3 atom stereocenters. The van der Waals surface area contributed by atoms with Crippen molar-refractivity contribution < 1.29 is 13.9 Å². The van der Waals surface area contributed by atoms with Gasteiger partial charge < -0.3 is 9.47 Å². The highest BCUT2D eigenvalue weighted by Gasteiger charge is 2.33. The smallest absolute Gasteiger partial charge is 0.156 e. The second-order valence-electron chi connectivity index (χ2n) is 3.32. The van der Waals surface area contributed by atoms with Gasteiger partial charge in [-0.1, -0.05) is 18.2 Å². The topological polar surface area (TPSA) is 18.5 Å². The fraction of sp³-hybridized carbons (Fsp3) is 0.364. The highest BCUT2D eigenvalue weighted by atomic mass is 19.1. The van der Waals surface area contributed by atoms with Crippen molar-refractivity contribution in [3.05, 3.63) is 42.6 Å². The number of halogens is 1. The van der Waals surface area contributed by atoms with E-state index in [0.29, 0.717) is 5.56 Å². The molecule has 0 amide bonds. The molecule has 0 aliphatic carbocycles. The fourth-order valence-electron chi connectivity index (χ4n) is 1.62. The van der Waals surface area contributed by atoms with Gasteiger partial charge in [0.2, 0.25) is 0 Å². The summed E-state index contributed by atoms with van der Waals surface area (Å²) in [5, 5.41) is 0. The zero-order valence-electron chi connectivity index (χ0n) is 7.94. The SMILES string of the molecule is [CH2][C@@H]1OC(C)O[C@H]1c1ccccc1F. The highest BCUT2D eigenvalue weighted by Crippen LogP contribution is 2.32. The van der Waals surface area contributed by atoms with Gasteiger partial charge in [-0.3, -0.25) is 0 Å². The quantitative estimate of drug-likeness (QED) is 0.685. The zero-order valence-corrected chi connectivity index (χ0v) is 7.94. The zero-order chi connectivity index (χ0) is 10.1. The summed E-state index contributed by atoms with van der Waals surface area (Å²) in [5.74, 6) is -0.274. The van der Waals surface area contributed by atoms with Crippen LogP contribution in [0.1, 0.15) is 18.6 Å². The van der Waals surface area contributed by atoms with Crippen LogP contribution in [0.2, 0.25) is 0 Å². The van der Waals surface area contributed by atoms with Gasteiger partial charge in [0, 0.05) is 5.56 Å². The number of ether oxygens (including phenoxy) is 2. The molecular formula is C11H12FO2. The minimum absolute atomic E-state index is 0.274. The van der Waals surface area contributed by atoms with Gasteiger partial charge in [0.05, 0.1) is 6.10 Å². The number of hydrogen-bond donors (Lipinski definition) is 0. The Morgan fingerprint density at radius 2 is 2.00 bits per heavy atom. The average Bonchev–Trinajstić information content (AvgIpc) is 2.46. The van der Waals surface area contributed by atoms with E-state index in [4.69, 9.17) is 9.47 Å². The van der Waals surface area contributed by atoms with E-state index in [-0.39, 0.29) is 18.2 Å². The molecule has 0 spiro atoms. The molecule has 0 saturated carbocycles. The maximum absolute atomic E-state index is 13.4. The first kappa shape index (κ1) is 9.62. The van der Waals surface area contributed by atoms with Crippen LogP contribution in [0.5, 0.6) is 0 Å². The van der Waals surface area contributed by atoms with E-state index in [1.807, 2.05) is 0 Å². The van der Waals surface area contributed by atoms with Crippen LogP contribution >= 0.6 is 0 Å². The maximum Gasteiger partial charge on any atom is 0.156 e. The molecule has 1 aromatic rings. The Kier molecular flexibility index (Phi) is 2.52. The van der Waals surface area contributed by atoms with E-state index in [0.717, 1.165) is 0 Å². The molecule has 1 aromatic carbocycles. The molecule has 1 fully saturated rings. The molecule has 0 bridgehead atoms. The van der Waals surface area contributed by atoms with Gasteiger partial charge >= 0.3 is 0 Å². The van der Waals surface area contributed by atoms with Gasteiger partial charge in [0.1, 0.15) is 11.9 Å². The first-order valence-electron chi connectivity index (χ1n) is 4.57. The third kappa shape index (κ3) is 1.65. The monoisotopic (exact) mass is 195 g/mol. The van der Waals surface area contributed by atoms with Crippen LogP contribution in [0.3, 0.4) is 0 Å². The van der Waals surface area contributed by atoms with Crippen molar-refractivity contribution in [2.24, 2.45) is 0 Å². The average molecular weight is 195 g/mol. The Bertz CT molecular complexity index is 327. The van der Waals surface area contributed by atoms with Gasteiger partial charge in [-0.15, -0.1) is 0 Å². The summed E-state index contributed by atoms with van der Waals surface area (Å²) in [6.45, 7) is 5.55. The Balaban J connectivity index is 2.27. The molecule has 3 heteroatoms. The summed E-state index contributed by atoms with van der Waals surface area (Å²) >= 11 is 0. The largest absolute Gasteiger partial charge is 0.347 e. The highest BCUT2D eigenvalue weighted by molar-refractivity contribution is 5.22. The minimum atomic E-state index is -0.397. The van der Waals surface area contributed by atoms with Crippen molar-refractivity contribution in [1.82, 2.24) is 0 Å². The third-order valence-corrected chi connectivity index (χ3v) is 2.25. The molecule has 75 valence electrons. The van der Waals surface area contributed by atoms with Crippen LogP contribution in [-0.4, -0.2) is 12.4 Å². The first-order valence-corrected chi connectivity index (χ1v) is 4.57. The van der Waals surface area contributed by atoms with E-state index in [2.05, 4.69) is 6.92 Å². The molecule has 1 aliphatic rings. The van der Waals surface area contributed by atoms with Gasteiger partial charge in [0.25, 0.3) is 0 Å². The van der Waals surface area contributed by atoms with Crippen LogP contribution in [0, 0.1) is 12.7 Å². The van der Waals surface area contributed by atoms with Gasteiger partial charge in [-0.05, 0) is 19.9 Å². The van der Waals surface area contributed by atoms with Crippen LogP contribution in [0.25, 0.3) is 0 Å². The molecule has 14 heavy (non-hydrogen) atoms. The molecule has 0 aromatic heterocycles. The van der Waals surface area contributed by atoms with E-state index in [9.17, 15) is 4.39 Å². The minimum Gasteiger partial charge on any atom is -0.347 e. The summed E-state index contributed by atoms with van der Waals surface area (Å²) in [5.41, 5.74) is 0.511. The molecule has 1 saturated heterocycles. The van der Waals surface area contributed by atoms with Crippen LogP contribution < -0.4 is 0 Å². The third-order valence-electron chi connectivity index (χ3n) is 2.25. The lowest BCUT2D eigenvalue weighted by Gasteiger charge is -2.13. The summed E-state index contributed by atoms with van der Waals surface area (Å²) in [6, 6.07) is 6.53. The van der Waals surface area contributed by atoms with Crippen LogP contribution in [0.4, 0.5) is 4.39 Å². The van der Waals surface area contributed by atoms with Crippen molar-refractivity contribution in [2.75, 3.05) is 0 Å². The van der Waals surface area contributed by atoms with Crippen molar-refractivity contribution in [2.45, 2.75) is 25.4 Å². The van der Waals surface area contributed by atoms with E-state index >= 15 is 0 Å². The van der Waals surface area contributed by atoms with Crippen molar-refractivity contribution in [1.29, 1.82) is 0 Å². The molecule has 1 aliphatic heterocycles. The molecule has 1 heterocycles. The lowest BCUT2D eigenvalue weighted by molar-refractivity contribution is -0.0478. The summed E-state index contributed by atoms with van der Waals surface area (Å²) in [7, 11) is 0. The molecular weight excluding hydrogens is 183 g/mol. The van der Waals surface area contributed by atoms with E-state index in [1.165, 1.54) is 6.07 Å². The lowest BCUT2D eigenvalue weighted by Crippen LogP contribution is -2.12. The Labute approximate surface area is 82.6 Å².